The SMILES string of the molecule is Clc1ccccc1-c1cnc(N2CCNCC2)nc1. The molecule has 0 spiro atoms. The Hall–Kier alpha value is -1.65. The molecule has 0 bridgehead atoms. The molecular weight excluding hydrogens is 260 g/mol. The van der Waals surface area contributed by atoms with Crippen LogP contribution in [0.25, 0.3) is 11.1 Å². The highest BCUT2D eigenvalue weighted by Gasteiger charge is 2.13. The molecule has 4 nitrogen and oxygen atoms in total. The standard InChI is InChI=1S/C14H15ClN4/c15-13-4-2-1-3-12(13)11-9-17-14(18-10-11)19-7-5-16-6-8-19/h1-4,9-10,16H,5-8H2. The highest BCUT2D eigenvalue weighted by atomic mass is 35.5. The summed E-state index contributed by atoms with van der Waals surface area (Å²) in [5, 5.41) is 4.04. The van der Waals surface area contributed by atoms with Crippen LogP contribution in [0.1, 0.15) is 0 Å². The summed E-state index contributed by atoms with van der Waals surface area (Å²) in [6, 6.07) is 7.74. The maximum Gasteiger partial charge on any atom is 0.225 e. The zero-order valence-electron chi connectivity index (χ0n) is 10.5. The molecule has 2 aromatic rings. The summed E-state index contributed by atoms with van der Waals surface area (Å²) in [5.74, 6) is 0.789. The van der Waals surface area contributed by atoms with Crippen molar-refractivity contribution >= 4 is 17.5 Å². The van der Waals surface area contributed by atoms with Crippen LogP contribution in [0.15, 0.2) is 36.7 Å². The average Bonchev–Trinajstić information content (AvgIpc) is 2.49. The van der Waals surface area contributed by atoms with Crippen molar-refractivity contribution < 1.29 is 0 Å². The van der Waals surface area contributed by atoms with Gasteiger partial charge in [-0.2, -0.15) is 0 Å². The molecular formula is C14H15ClN4. The second-order valence-corrected chi connectivity index (χ2v) is 4.90. The fourth-order valence-electron chi connectivity index (χ4n) is 2.18. The molecule has 1 fully saturated rings. The number of nitrogens with one attached hydrogen (secondary N) is 1. The Labute approximate surface area is 117 Å². The van der Waals surface area contributed by atoms with Crippen LogP contribution in [0.5, 0.6) is 0 Å². The summed E-state index contributed by atoms with van der Waals surface area (Å²) in [7, 11) is 0. The number of anilines is 1. The first-order chi connectivity index (χ1) is 9.34. The molecule has 1 aliphatic heterocycles. The molecule has 0 aliphatic carbocycles. The molecule has 0 atom stereocenters. The topological polar surface area (TPSA) is 41.1 Å². The van der Waals surface area contributed by atoms with E-state index in [-0.39, 0.29) is 0 Å². The van der Waals surface area contributed by atoms with E-state index in [0.717, 1.165) is 48.3 Å². The van der Waals surface area contributed by atoms with Gasteiger partial charge in [-0.3, -0.25) is 0 Å². The van der Waals surface area contributed by atoms with Crippen LogP contribution >= 0.6 is 11.6 Å². The van der Waals surface area contributed by atoms with Gasteiger partial charge in [0, 0.05) is 54.7 Å². The van der Waals surface area contributed by atoms with E-state index >= 15 is 0 Å². The number of benzene rings is 1. The average molecular weight is 275 g/mol. The highest BCUT2D eigenvalue weighted by molar-refractivity contribution is 6.33. The highest BCUT2D eigenvalue weighted by Crippen LogP contribution is 2.26. The van der Waals surface area contributed by atoms with Crippen LogP contribution in [0.4, 0.5) is 5.95 Å². The summed E-state index contributed by atoms with van der Waals surface area (Å²) in [5.41, 5.74) is 1.92. The molecule has 1 aromatic heterocycles. The van der Waals surface area contributed by atoms with Crippen LogP contribution in [0.3, 0.4) is 0 Å². The first-order valence-electron chi connectivity index (χ1n) is 6.37. The second kappa shape index (κ2) is 5.55. The molecule has 1 aliphatic rings. The minimum atomic E-state index is 0.723. The zero-order chi connectivity index (χ0) is 13.1. The predicted molar refractivity (Wildman–Crippen MR) is 77.6 cm³/mol. The molecule has 1 aromatic carbocycles. The van der Waals surface area contributed by atoms with E-state index < -0.39 is 0 Å². The molecule has 0 radical (unpaired) electrons. The van der Waals surface area contributed by atoms with Crippen LogP contribution in [-0.4, -0.2) is 36.1 Å². The third-order valence-electron chi connectivity index (χ3n) is 3.22. The Bertz CT molecular complexity index is 550. The van der Waals surface area contributed by atoms with E-state index in [9.17, 15) is 0 Å². The third-order valence-corrected chi connectivity index (χ3v) is 3.55. The van der Waals surface area contributed by atoms with Crippen molar-refractivity contribution in [2.75, 3.05) is 31.1 Å². The van der Waals surface area contributed by atoms with Gasteiger partial charge in [0.2, 0.25) is 5.95 Å². The summed E-state index contributed by atoms with van der Waals surface area (Å²) in [6.07, 6.45) is 3.68. The Morgan fingerprint density at radius 3 is 2.42 bits per heavy atom. The maximum absolute atomic E-state index is 6.17. The van der Waals surface area contributed by atoms with Gasteiger partial charge in [-0.1, -0.05) is 29.8 Å². The molecule has 1 N–H and O–H groups in total. The van der Waals surface area contributed by atoms with Crippen molar-refractivity contribution in [2.24, 2.45) is 0 Å². The number of halogens is 1. The Balaban J connectivity index is 1.84. The van der Waals surface area contributed by atoms with Crippen LogP contribution in [-0.2, 0) is 0 Å². The van der Waals surface area contributed by atoms with Gasteiger partial charge in [0.25, 0.3) is 0 Å². The zero-order valence-corrected chi connectivity index (χ0v) is 11.3. The van der Waals surface area contributed by atoms with Gasteiger partial charge in [0.15, 0.2) is 0 Å². The van der Waals surface area contributed by atoms with Gasteiger partial charge >= 0.3 is 0 Å². The minimum absolute atomic E-state index is 0.723. The smallest absolute Gasteiger partial charge is 0.225 e. The van der Waals surface area contributed by atoms with E-state index in [0.29, 0.717) is 0 Å². The molecule has 19 heavy (non-hydrogen) atoms. The van der Waals surface area contributed by atoms with Gasteiger partial charge in [-0.05, 0) is 6.07 Å². The van der Waals surface area contributed by atoms with E-state index in [1.807, 2.05) is 36.7 Å². The molecule has 0 unspecified atom stereocenters. The van der Waals surface area contributed by atoms with Gasteiger partial charge in [0.05, 0.1) is 0 Å². The third kappa shape index (κ3) is 2.69. The minimum Gasteiger partial charge on any atom is -0.338 e. The van der Waals surface area contributed by atoms with E-state index in [4.69, 9.17) is 11.6 Å². The first-order valence-corrected chi connectivity index (χ1v) is 6.75. The van der Waals surface area contributed by atoms with Gasteiger partial charge < -0.3 is 10.2 Å². The van der Waals surface area contributed by atoms with Gasteiger partial charge in [0.1, 0.15) is 0 Å². The fourth-order valence-corrected chi connectivity index (χ4v) is 2.43. The van der Waals surface area contributed by atoms with Crippen molar-refractivity contribution in [3.63, 3.8) is 0 Å². The lowest BCUT2D eigenvalue weighted by Crippen LogP contribution is -2.44. The normalized spacial score (nSPS) is 15.5. The summed E-state index contributed by atoms with van der Waals surface area (Å²) >= 11 is 6.17. The molecule has 3 rings (SSSR count). The summed E-state index contributed by atoms with van der Waals surface area (Å²) in [6.45, 7) is 3.86. The lowest BCUT2D eigenvalue weighted by atomic mass is 10.1. The molecule has 98 valence electrons. The molecule has 2 heterocycles. The van der Waals surface area contributed by atoms with Crippen LogP contribution < -0.4 is 10.2 Å². The fraction of sp³-hybridized carbons (Fsp3) is 0.286. The first kappa shape index (κ1) is 12.4. The number of piperazine rings is 1. The van der Waals surface area contributed by atoms with E-state index in [2.05, 4.69) is 20.2 Å². The number of nitrogens with zero attached hydrogens (tertiary/aromatic N) is 3. The Morgan fingerprint density at radius 2 is 1.74 bits per heavy atom. The van der Waals surface area contributed by atoms with Gasteiger partial charge in [-0.15, -0.1) is 0 Å². The van der Waals surface area contributed by atoms with Crippen molar-refractivity contribution in [1.29, 1.82) is 0 Å². The molecule has 1 saturated heterocycles. The molecule has 0 saturated carbocycles. The predicted octanol–water partition coefficient (Wildman–Crippen LogP) is 2.21. The lowest BCUT2D eigenvalue weighted by Gasteiger charge is -2.27. The van der Waals surface area contributed by atoms with Crippen LogP contribution in [0, 0.1) is 0 Å². The monoisotopic (exact) mass is 274 g/mol. The number of aromatic nitrogens is 2. The molecule has 5 heteroatoms. The lowest BCUT2D eigenvalue weighted by molar-refractivity contribution is 0.580. The van der Waals surface area contributed by atoms with Gasteiger partial charge in [-0.25, -0.2) is 9.97 Å². The summed E-state index contributed by atoms with van der Waals surface area (Å²) < 4.78 is 0. The van der Waals surface area contributed by atoms with Crippen LogP contribution in [0.2, 0.25) is 5.02 Å². The largest absolute Gasteiger partial charge is 0.338 e. The number of rotatable bonds is 2. The second-order valence-electron chi connectivity index (χ2n) is 4.49. The van der Waals surface area contributed by atoms with Crippen molar-refractivity contribution in [3.05, 3.63) is 41.7 Å². The number of hydrogen-bond acceptors (Lipinski definition) is 4. The Kier molecular flexibility index (Phi) is 3.62. The maximum atomic E-state index is 6.17. The van der Waals surface area contributed by atoms with Crippen molar-refractivity contribution in [1.82, 2.24) is 15.3 Å². The van der Waals surface area contributed by atoms with E-state index in [1.165, 1.54) is 0 Å². The molecule has 0 amide bonds. The van der Waals surface area contributed by atoms with E-state index in [1.54, 1.807) is 0 Å². The Morgan fingerprint density at radius 1 is 1.05 bits per heavy atom. The summed E-state index contributed by atoms with van der Waals surface area (Å²) in [4.78, 5) is 11.1. The van der Waals surface area contributed by atoms with Crippen molar-refractivity contribution in [2.45, 2.75) is 0 Å². The van der Waals surface area contributed by atoms with Crippen molar-refractivity contribution in [3.8, 4) is 11.1 Å². The number of hydrogen-bond donors (Lipinski definition) is 1. The quantitative estimate of drug-likeness (QED) is 0.912.